The van der Waals surface area contributed by atoms with Gasteiger partial charge in [0, 0.05) is 39.3 Å². The van der Waals surface area contributed by atoms with Gasteiger partial charge in [0.2, 0.25) is 17.1 Å². The maximum absolute atomic E-state index is 13.8. The van der Waals surface area contributed by atoms with Crippen LogP contribution in [0.4, 0.5) is 17.3 Å². The smallest absolute Gasteiger partial charge is 0.243 e. The number of piperazine rings is 1. The summed E-state index contributed by atoms with van der Waals surface area (Å²) in [6.45, 7) is 9.97. The van der Waals surface area contributed by atoms with Crippen molar-refractivity contribution >= 4 is 39.8 Å². The Hall–Kier alpha value is -2.90. The first kappa shape index (κ1) is 22.9. The summed E-state index contributed by atoms with van der Waals surface area (Å²) in [6.07, 6.45) is 0. The Morgan fingerprint density at radius 1 is 0.912 bits per heavy atom. The van der Waals surface area contributed by atoms with Crippen LogP contribution in [0.2, 0.25) is 5.02 Å². The molecule has 1 aromatic heterocycles. The molecule has 0 aliphatic carbocycles. The summed E-state index contributed by atoms with van der Waals surface area (Å²) in [5.41, 5.74) is 3.38. The number of rotatable bonds is 5. The van der Waals surface area contributed by atoms with Crippen molar-refractivity contribution in [2.24, 2.45) is 0 Å². The maximum Gasteiger partial charge on any atom is 0.243 e. The van der Waals surface area contributed by atoms with Crippen molar-refractivity contribution in [3.63, 3.8) is 0 Å². The van der Waals surface area contributed by atoms with Crippen molar-refractivity contribution in [3.05, 3.63) is 57.2 Å². The second-order valence-corrected chi connectivity index (χ2v) is 9.04. The molecule has 0 amide bonds. The lowest BCUT2D eigenvalue weighted by atomic mass is 10.1. The predicted molar refractivity (Wildman–Crippen MR) is 137 cm³/mol. The molecular formula is C26H30ClN3O4. The fourth-order valence-corrected chi connectivity index (χ4v) is 5.04. The maximum atomic E-state index is 13.8. The van der Waals surface area contributed by atoms with Gasteiger partial charge < -0.3 is 28.6 Å². The van der Waals surface area contributed by atoms with E-state index in [4.69, 9.17) is 25.5 Å². The van der Waals surface area contributed by atoms with E-state index in [1.807, 2.05) is 49.1 Å². The third-order valence-electron chi connectivity index (χ3n) is 6.56. The van der Waals surface area contributed by atoms with Gasteiger partial charge in [0.25, 0.3) is 0 Å². The van der Waals surface area contributed by atoms with Crippen LogP contribution in [0.1, 0.15) is 12.5 Å². The zero-order chi connectivity index (χ0) is 23.7. The van der Waals surface area contributed by atoms with Gasteiger partial charge in [-0.2, -0.15) is 0 Å². The molecule has 2 aliphatic rings. The molecule has 2 saturated heterocycles. The third kappa shape index (κ3) is 4.18. The van der Waals surface area contributed by atoms with E-state index in [0.29, 0.717) is 55.5 Å². The van der Waals surface area contributed by atoms with Gasteiger partial charge in [-0.1, -0.05) is 29.8 Å². The number of nitrogens with zero attached hydrogens (tertiary/aromatic N) is 3. The monoisotopic (exact) mass is 483 g/mol. The van der Waals surface area contributed by atoms with E-state index in [1.54, 1.807) is 0 Å². The summed E-state index contributed by atoms with van der Waals surface area (Å²) < 4.78 is 17.8. The minimum absolute atomic E-state index is 0.114. The summed E-state index contributed by atoms with van der Waals surface area (Å²) in [4.78, 5) is 20.4. The Balaban J connectivity index is 1.52. The van der Waals surface area contributed by atoms with E-state index >= 15 is 0 Å². The standard InChI is InChI=1S/C26H30ClN3O4/c1-3-33-25-23(31)22-21(29-12-10-28(11-13-29)20-7-5-4-6-19(20)27)9-8-18(2)24(22)34-26(25)30-14-16-32-17-15-30/h4-9H,3,10-17H2,1-2H3. The van der Waals surface area contributed by atoms with Gasteiger partial charge >= 0.3 is 0 Å². The number of ether oxygens (including phenoxy) is 2. The van der Waals surface area contributed by atoms with Crippen LogP contribution in [0, 0.1) is 6.92 Å². The highest BCUT2D eigenvalue weighted by Gasteiger charge is 2.27. The van der Waals surface area contributed by atoms with E-state index in [2.05, 4.69) is 15.9 Å². The Morgan fingerprint density at radius 2 is 1.59 bits per heavy atom. The van der Waals surface area contributed by atoms with Crippen LogP contribution >= 0.6 is 11.6 Å². The average molecular weight is 484 g/mol. The van der Waals surface area contributed by atoms with Crippen molar-refractivity contribution in [1.82, 2.24) is 0 Å². The molecule has 0 bridgehead atoms. The molecule has 0 saturated carbocycles. The van der Waals surface area contributed by atoms with E-state index in [-0.39, 0.29) is 5.43 Å². The van der Waals surface area contributed by atoms with Crippen LogP contribution in [-0.4, -0.2) is 59.1 Å². The molecule has 0 N–H and O–H groups in total. The summed E-state index contributed by atoms with van der Waals surface area (Å²) in [6, 6.07) is 12.0. The number of morpholine rings is 1. The molecule has 2 aliphatic heterocycles. The van der Waals surface area contributed by atoms with Crippen LogP contribution in [0.25, 0.3) is 11.0 Å². The Bertz CT molecular complexity index is 1230. The minimum Gasteiger partial charge on any atom is -0.485 e. The van der Waals surface area contributed by atoms with Crippen LogP contribution < -0.4 is 24.9 Å². The van der Waals surface area contributed by atoms with Gasteiger partial charge in [-0.25, -0.2) is 0 Å². The van der Waals surface area contributed by atoms with Crippen LogP contribution in [0.15, 0.2) is 45.6 Å². The molecule has 0 radical (unpaired) electrons. The van der Waals surface area contributed by atoms with E-state index in [1.165, 1.54) is 0 Å². The summed E-state index contributed by atoms with van der Waals surface area (Å²) in [5, 5.41) is 1.35. The fourth-order valence-electron chi connectivity index (χ4n) is 4.79. The predicted octanol–water partition coefficient (Wildman–Crippen LogP) is 4.32. The topological polar surface area (TPSA) is 58.4 Å². The first-order valence-corrected chi connectivity index (χ1v) is 12.3. The van der Waals surface area contributed by atoms with Crippen molar-refractivity contribution < 1.29 is 13.9 Å². The van der Waals surface area contributed by atoms with Crippen LogP contribution in [-0.2, 0) is 4.74 Å². The molecule has 180 valence electrons. The lowest BCUT2D eigenvalue weighted by Crippen LogP contribution is -2.47. The average Bonchev–Trinajstić information content (AvgIpc) is 2.87. The minimum atomic E-state index is -0.114. The highest BCUT2D eigenvalue weighted by Crippen LogP contribution is 2.36. The van der Waals surface area contributed by atoms with Gasteiger partial charge in [-0.3, -0.25) is 4.79 Å². The van der Waals surface area contributed by atoms with Gasteiger partial charge in [0.05, 0.1) is 41.6 Å². The Labute approximate surface area is 204 Å². The highest BCUT2D eigenvalue weighted by molar-refractivity contribution is 6.33. The first-order chi connectivity index (χ1) is 16.6. The molecule has 5 rings (SSSR count). The number of halogens is 1. The number of anilines is 3. The molecule has 3 heterocycles. The number of aryl methyl sites for hydroxylation is 1. The molecule has 0 unspecified atom stereocenters. The molecule has 8 heteroatoms. The molecule has 7 nitrogen and oxygen atoms in total. The SMILES string of the molecule is CCOc1c(N2CCOCC2)oc2c(C)ccc(N3CCN(c4ccccc4Cl)CC3)c2c1=O. The largest absolute Gasteiger partial charge is 0.485 e. The number of benzene rings is 2. The van der Waals surface area contributed by atoms with Gasteiger partial charge in [-0.05, 0) is 37.6 Å². The third-order valence-corrected chi connectivity index (χ3v) is 6.88. The Kier molecular flexibility index (Phi) is 6.57. The summed E-state index contributed by atoms with van der Waals surface area (Å²) in [5.74, 6) is 0.796. The van der Waals surface area contributed by atoms with Gasteiger partial charge in [0.1, 0.15) is 5.58 Å². The van der Waals surface area contributed by atoms with Crippen LogP contribution in [0.3, 0.4) is 0 Å². The second kappa shape index (κ2) is 9.76. The Morgan fingerprint density at radius 3 is 2.26 bits per heavy atom. The molecule has 34 heavy (non-hydrogen) atoms. The molecule has 2 fully saturated rings. The molecule has 0 atom stereocenters. The van der Waals surface area contributed by atoms with Crippen LogP contribution in [0.5, 0.6) is 5.75 Å². The van der Waals surface area contributed by atoms with Gasteiger partial charge in [0.15, 0.2) is 0 Å². The highest BCUT2D eigenvalue weighted by atomic mass is 35.5. The number of para-hydroxylation sites is 1. The van der Waals surface area contributed by atoms with E-state index < -0.39 is 0 Å². The molecule has 2 aromatic carbocycles. The second-order valence-electron chi connectivity index (χ2n) is 8.63. The normalized spacial score (nSPS) is 16.9. The zero-order valence-corrected chi connectivity index (χ0v) is 20.4. The van der Waals surface area contributed by atoms with E-state index in [9.17, 15) is 4.79 Å². The molecule has 3 aromatic rings. The van der Waals surface area contributed by atoms with Crippen molar-refractivity contribution in [2.45, 2.75) is 13.8 Å². The molecular weight excluding hydrogens is 454 g/mol. The quantitative estimate of drug-likeness (QED) is 0.535. The van der Waals surface area contributed by atoms with Gasteiger partial charge in [-0.15, -0.1) is 0 Å². The summed E-state index contributed by atoms with van der Waals surface area (Å²) >= 11 is 6.42. The zero-order valence-electron chi connectivity index (χ0n) is 19.7. The first-order valence-electron chi connectivity index (χ1n) is 11.9. The summed E-state index contributed by atoms with van der Waals surface area (Å²) in [7, 11) is 0. The number of hydrogen-bond donors (Lipinski definition) is 0. The number of fused-ring (bicyclic) bond motifs is 1. The molecule has 0 spiro atoms. The van der Waals surface area contributed by atoms with E-state index in [0.717, 1.165) is 48.1 Å². The van der Waals surface area contributed by atoms with Crippen molar-refractivity contribution in [2.75, 3.05) is 73.8 Å². The van der Waals surface area contributed by atoms with Crippen molar-refractivity contribution in [1.29, 1.82) is 0 Å². The van der Waals surface area contributed by atoms with Crippen molar-refractivity contribution in [3.8, 4) is 5.75 Å². The fraction of sp³-hybridized carbons (Fsp3) is 0.423. The lowest BCUT2D eigenvalue weighted by molar-refractivity contribution is 0.120. The number of hydrogen-bond acceptors (Lipinski definition) is 7. The lowest BCUT2D eigenvalue weighted by Gasteiger charge is -2.38.